The number of hydrogen-bond acceptors (Lipinski definition) is 4. The van der Waals surface area contributed by atoms with Crippen LogP contribution in [0.15, 0.2) is 42.9 Å². The van der Waals surface area contributed by atoms with E-state index >= 15 is 0 Å². The van der Waals surface area contributed by atoms with Crippen LogP contribution in [0.5, 0.6) is 5.75 Å². The monoisotopic (exact) mass is 235 g/mol. The number of nitrogens with zero attached hydrogens (tertiary/aromatic N) is 2. The molecule has 1 aromatic carbocycles. The first-order chi connectivity index (χ1) is 7.88. The lowest BCUT2D eigenvalue weighted by Crippen LogP contribution is -1.98. The van der Waals surface area contributed by atoms with E-state index in [0.29, 0.717) is 6.61 Å². The number of hydrogen-bond donors (Lipinski definition) is 1. The van der Waals surface area contributed by atoms with Crippen LogP contribution in [0.4, 0.5) is 5.69 Å². The molecule has 0 bridgehead atoms. The lowest BCUT2D eigenvalue weighted by molar-refractivity contribution is 0.301. The second-order valence-electron chi connectivity index (χ2n) is 3.10. The van der Waals surface area contributed by atoms with Gasteiger partial charge in [0.25, 0.3) is 0 Å². The van der Waals surface area contributed by atoms with E-state index in [1.165, 1.54) is 0 Å². The molecular weight excluding hydrogens is 226 g/mol. The van der Waals surface area contributed by atoms with Gasteiger partial charge in [-0.25, -0.2) is 0 Å². The second-order valence-corrected chi connectivity index (χ2v) is 3.29. The third-order valence-electron chi connectivity index (χ3n) is 1.97. The molecule has 1 aromatic heterocycles. The Morgan fingerprint density at radius 1 is 1.19 bits per heavy atom. The van der Waals surface area contributed by atoms with E-state index in [2.05, 4.69) is 14.8 Å². The van der Waals surface area contributed by atoms with E-state index < -0.39 is 0 Å². The van der Waals surface area contributed by atoms with Crippen molar-refractivity contribution < 1.29 is 4.74 Å². The molecule has 82 valence electrons. The van der Waals surface area contributed by atoms with Crippen LogP contribution in [-0.2, 0) is 6.61 Å². The summed E-state index contributed by atoms with van der Waals surface area (Å²) in [5.41, 5.74) is 1.62. The molecule has 0 saturated carbocycles. The molecule has 0 aliphatic rings. The molecule has 4 nitrogen and oxygen atoms in total. The van der Waals surface area contributed by atoms with Gasteiger partial charge in [0.05, 0.1) is 11.9 Å². The zero-order chi connectivity index (χ0) is 11.2. The molecule has 1 N–H and O–H groups in total. The van der Waals surface area contributed by atoms with Gasteiger partial charge in [-0.2, -0.15) is 0 Å². The summed E-state index contributed by atoms with van der Waals surface area (Å²) in [7, 11) is 0. The maximum absolute atomic E-state index is 5.52. The Morgan fingerprint density at radius 2 is 2.00 bits per heavy atom. The van der Waals surface area contributed by atoms with E-state index in [4.69, 9.17) is 16.5 Å². The van der Waals surface area contributed by atoms with Gasteiger partial charge in [-0.3, -0.25) is 14.8 Å². The van der Waals surface area contributed by atoms with E-state index in [0.717, 1.165) is 17.1 Å². The van der Waals surface area contributed by atoms with Crippen LogP contribution < -0.4 is 9.57 Å². The van der Waals surface area contributed by atoms with Gasteiger partial charge in [0.15, 0.2) is 0 Å². The molecule has 0 atom stereocenters. The van der Waals surface area contributed by atoms with Gasteiger partial charge in [-0.1, -0.05) is 0 Å². The molecule has 0 aliphatic carbocycles. The summed E-state index contributed by atoms with van der Waals surface area (Å²) in [6.07, 6.45) is 4.94. The Morgan fingerprint density at radius 3 is 2.62 bits per heavy atom. The van der Waals surface area contributed by atoms with Gasteiger partial charge < -0.3 is 4.74 Å². The second kappa shape index (κ2) is 5.32. The summed E-state index contributed by atoms with van der Waals surface area (Å²) < 4.78 is 5.52. The molecule has 2 rings (SSSR count). The first kappa shape index (κ1) is 10.7. The molecular formula is C11H10ClN3O. The van der Waals surface area contributed by atoms with Crippen LogP contribution in [-0.4, -0.2) is 9.97 Å². The predicted molar refractivity (Wildman–Crippen MR) is 62.3 cm³/mol. The standard InChI is InChI=1S/C11H10ClN3O/c12-15-9-1-3-11(4-2-9)16-8-10-7-13-5-6-14-10/h1-7,15H,8H2. The highest BCUT2D eigenvalue weighted by molar-refractivity contribution is 6.23. The average molecular weight is 236 g/mol. The van der Waals surface area contributed by atoms with Crippen molar-refractivity contribution in [2.45, 2.75) is 6.61 Å². The summed E-state index contributed by atoms with van der Waals surface area (Å²) >= 11 is 5.44. The predicted octanol–water partition coefficient (Wildman–Crippen LogP) is 2.62. The molecule has 0 unspecified atom stereocenters. The Labute approximate surface area is 98.4 Å². The highest BCUT2D eigenvalue weighted by Gasteiger charge is 1.97. The average Bonchev–Trinajstić information content (AvgIpc) is 2.38. The smallest absolute Gasteiger partial charge is 0.132 e. The number of aromatic nitrogens is 2. The first-order valence-corrected chi connectivity index (χ1v) is 5.10. The minimum absolute atomic E-state index is 0.404. The van der Waals surface area contributed by atoms with Crippen LogP contribution in [0.2, 0.25) is 0 Å². The largest absolute Gasteiger partial charge is 0.487 e. The van der Waals surface area contributed by atoms with Gasteiger partial charge in [-0.05, 0) is 24.3 Å². The van der Waals surface area contributed by atoms with Crippen LogP contribution in [0.1, 0.15) is 5.69 Å². The topological polar surface area (TPSA) is 47.0 Å². The Balaban J connectivity index is 1.94. The molecule has 0 radical (unpaired) electrons. The summed E-state index contributed by atoms with van der Waals surface area (Å²) in [6.45, 7) is 0.404. The first-order valence-electron chi connectivity index (χ1n) is 4.73. The normalized spacial score (nSPS) is 9.81. The molecule has 1 heterocycles. The fraction of sp³-hybridized carbons (Fsp3) is 0.0909. The zero-order valence-corrected chi connectivity index (χ0v) is 9.19. The number of benzene rings is 1. The fourth-order valence-electron chi connectivity index (χ4n) is 1.18. The Bertz CT molecular complexity index is 433. The van der Waals surface area contributed by atoms with E-state index in [1.807, 2.05) is 24.3 Å². The quantitative estimate of drug-likeness (QED) is 0.828. The maximum Gasteiger partial charge on any atom is 0.132 e. The molecule has 0 amide bonds. The summed E-state index contributed by atoms with van der Waals surface area (Å²) in [5.74, 6) is 0.765. The highest BCUT2D eigenvalue weighted by Crippen LogP contribution is 2.16. The van der Waals surface area contributed by atoms with Crippen LogP contribution in [0.25, 0.3) is 0 Å². The third kappa shape index (κ3) is 2.84. The zero-order valence-electron chi connectivity index (χ0n) is 8.43. The fourth-order valence-corrected chi connectivity index (χ4v) is 1.30. The van der Waals surface area contributed by atoms with Crippen molar-refractivity contribution in [3.63, 3.8) is 0 Å². The van der Waals surface area contributed by atoms with Crippen LogP contribution in [0.3, 0.4) is 0 Å². The van der Waals surface area contributed by atoms with Crippen molar-refractivity contribution in [1.29, 1.82) is 0 Å². The number of anilines is 1. The molecule has 2 aromatic rings. The van der Waals surface area contributed by atoms with Crippen LogP contribution >= 0.6 is 11.8 Å². The van der Waals surface area contributed by atoms with Gasteiger partial charge in [-0.15, -0.1) is 0 Å². The van der Waals surface area contributed by atoms with Crippen LogP contribution in [0, 0.1) is 0 Å². The lowest BCUT2D eigenvalue weighted by atomic mass is 10.3. The lowest BCUT2D eigenvalue weighted by Gasteiger charge is -2.05. The number of halogens is 1. The van der Waals surface area contributed by atoms with Gasteiger partial charge >= 0.3 is 0 Å². The Hall–Kier alpha value is -1.81. The van der Waals surface area contributed by atoms with Crippen molar-refractivity contribution >= 4 is 17.5 Å². The minimum atomic E-state index is 0.404. The summed E-state index contributed by atoms with van der Waals surface area (Å²) in [6, 6.07) is 7.33. The Kier molecular flexibility index (Phi) is 3.56. The maximum atomic E-state index is 5.52. The van der Waals surface area contributed by atoms with E-state index in [9.17, 15) is 0 Å². The third-order valence-corrected chi connectivity index (χ3v) is 2.19. The summed E-state index contributed by atoms with van der Waals surface area (Å²) in [4.78, 5) is 10.6. The van der Waals surface area contributed by atoms with Crippen molar-refractivity contribution in [3.8, 4) is 5.75 Å². The SMILES string of the molecule is ClNc1ccc(OCc2cnccn2)cc1. The van der Waals surface area contributed by atoms with Crippen molar-refractivity contribution in [1.82, 2.24) is 9.97 Å². The van der Waals surface area contributed by atoms with Gasteiger partial charge in [0.2, 0.25) is 0 Å². The van der Waals surface area contributed by atoms with Crippen molar-refractivity contribution in [2.75, 3.05) is 4.84 Å². The highest BCUT2D eigenvalue weighted by atomic mass is 35.5. The van der Waals surface area contributed by atoms with Gasteiger partial charge in [0, 0.05) is 29.9 Å². The van der Waals surface area contributed by atoms with E-state index in [1.54, 1.807) is 18.6 Å². The molecule has 5 heteroatoms. The summed E-state index contributed by atoms with van der Waals surface area (Å²) in [5, 5.41) is 0. The number of rotatable bonds is 4. The van der Waals surface area contributed by atoms with Crippen molar-refractivity contribution in [3.05, 3.63) is 48.5 Å². The molecule has 0 spiro atoms. The molecule has 0 fully saturated rings. The molecule has 0 aliphatic heterocycles. The molecule has 0 saturated heterocycles. The van der Waals surface area contributed by atoms with E-state index in [-0.39, 0.29) is 0 Å². The molecule has 16 heavy (non-hydrogen) atoms. The minimum Gasteiger partial charge on any atom is -0.487 e. The van der Waals surface area contributed by atoms with Gasteiger partial charge in [0.1, 0.15) is 12.4 Å². The number of nitrogens with one attached hydrogen (secondary N) is 1. The number of ether oxygens (including phenoxy) is 1. The van der Waals surface area contributed by atoms with Crippen molar-refractivity contribution in [2.24, 2.45) is 0 Å².